The molecule has 5 nitrogen and oxygen atoms in total. The van der Waals surface area contributed by atoms with Crippen molar-refractivity contribution >= 4 is 5.82 Å². The van der Waals surface area contributed by atoms with Gasteiger partial charge in [-0.2, -0.15) is 0 Å². The average molecular weight is 249 g/mol. The summed E-state index contributed by atoms with van der Waals surface area (Å²) in [5.41, 5.74) is 1.02. The Balaban J connectivity index is 2.02. The molecule has 18 heavy (non-hydrogen) atoms. The van der Waals surface area contributed by atoms with Crippen LogP contribution in [0.15, 0.2) is 12.4 Å². The van der Waals surface area contributed by atoms with Crippen LogP contribution in [0.25, 0.3) is 0 Å². The van der Waals surface area contributed by atoms with Crippen LogP contribution in [0.2, 0.25) is 0 Å². The molecular weight excluding hydrogens is 226 g/mol. The summed E-state index contributed by atoms with van der Waals surface area (Å²) in [4.78, 5) is 13.7. The number of aromatic nitrogens is 2. The second kappa shape index (κ2) is 6.66. The summed E-state index contributed by atoms with van der Waals surface area (Å²) in [5.74, 6) is 1.01. The van der Waals surface area contributed by atoms with E-state index in [1.807, 2.05) is 12.4 Å². The molecule has 0 radical (unpaired) electrons. The molecule has 0 aromatic carbocycles. The molecule has 0 atom stereocenters. The predicted molar refractivity (Wildman–Crippen MR) is 73.7 cm³/mol. The molecule has 1 aromatic heterocycles. The van der Waals surface area contributed by atoms with Crippen LogP contribution in [0.5, 0.6) is 0 Å². The molecule has 2 heterocycles. The SMILES string of the molecule is CCNCc1cncc(N2CCCN(C)CC2)n1. The third-order valence-corrected chi connectivity index (χ3v) is 3.27. The van der Waals surface area contributed by atoms with Crippen molar-refractivity contribution in [2.45, 2.75) is 19.9 Å². The molecule has 1 aliphatic rings. The highest BCUT2D eigenvalue weighted by Crippen LogP contribution is 2.12. The number of rotatable bonds is 4. The summed E-state index contributed by atoms with van der Waals surface area (Å²) in [6, 6.07) is 0. The second-order valence-electron chi connectivity index (χ2n) is 4.79. The molecule has 1 fully saturated rings. The third kappa shape index (κ3) is 3.65. The van der Waals surface area contributed by atoms with E-state index in [9.17, 15) is 0 Å². The monoisotopic (exact) mass is 249 g/mol. The molecule has 0 bridgehead atoms. The third-order valence-electron chi connectivity index (χ3n) is 3.27. The normalized spacial score (nSPS) is 17.8. The summed E-state index contributed by atoms with van der Waals surface area (Å²) >= 11 is 0. The molecule has 0 unspecified atom stereocenters. The van der Waals surface area contributed by atoms with Gasteiger partial charge in [0.1, 0.15) is 5.82 Å². The van der Waals surface area contributed by atoms with Gasteiger partial charge in [-0.1, -0.05) is 6.92 Å². The molecule has 0 aliphatic carbocycles. The average Bonchev–Trinajstić information content (AvgIpc) is 2.61. The van der Waals surface area contributed by atoms with Gasteiger partial charge in [0.05, 0.1) is 11.9 Å². The molecule has 0 spiro atoms. The molecule has 0 saturated carbocycles. The fraction of sp³-hybridized carbons (Fsp3) is 0.692. The van der Waals surface area contributed by atoms with Gasteiger partial charge in [0.2, 0.25) is 0 Å². The Morgan fingerprint density at radius 1 is 1.22 bits per heavy atom. The Labute approximate surface area is 109 Å². The van der Waals surface area contributed by atoms with Crippen molar-refractivity contribution < 1.29 is 0 Å². The lowest BCUT2D eigenvalue weighted by atomic mass is 10.3. The fourth-order valence-electron chi connectivity index (χ4n) is 2.16. The highest BCUT2D eigenvalue weighted by atomic mass is 15.2. The van der Waals surface area contributed by atoms with Crippen molar-refractivity contribution in [1.82, 2.24) is 20.2 Å². The molecule has 1 aromatic rings. The van der Waals surface area contributed by atoms with E-state index in [0.717, 1.165) is 44.2 Å². The lowest BCUT2D eigenvalue weighted by molar-refractivity contribution is 0.360. The highest BCUT2D eigenvalue weighted by Gasteiger charge is 2.14. The van der Waals surface area contributed by atoms with Crippen LogP contribution in [0.1, 0.15) is 19.0 Å². The Morgan fingerprint density at radius 3 is 2.94 bits per heavy atom. The summed E-state index contributed by atoms with van der Waals surface area (Å²) in [6.45, 7) is 8.23. The zero-order valence-electron chi connectivity index (χ0n) is 11.4. The maximum Gasteiger partial charge on any atom is 0.147 e. The first kappa shape index (κ1) is 13.2. The lowest BCUT2D eigenvalue weighted by Crippen LogP contribution is -2.29. The summed E-state index contributed by atoms with van der Waals surface area (Å²) in [7, 11) is 2.18. The van der Waals surface area contributed by atoms with Gasteiger partial charge in [0.15, 0.2) is 0 Å². The van der Waals surface area contributed by atoms with Crippen LogP contribution < -0.4 is 10.2 Å². The standard InChI is InChI=1S/C13H23N5/c1-3-14-9-12-10-15-11-13(16-12)18-6-4-5-17(2)7-8-18/h10-11,14H,3-9H2,1-2H3. The molecular formula is C13H23N5. The van der Waals surface area contributed by atoms with Crippen LogP contribution in [-0.4, -0.2) is 54.6 Å². The second-order valence-corrected chi connectivity index (χ2v) is 4.79. The molecule has 1 aliphatic heterocycles. The van der Waals surface area contributed by atoms with E-state index in [-0.39, 0.29) is 0 Å². The van der Waals surface area contributed by atoms with Gasteiger partial charge >= 0.3 is 0 Å². The first-order valence-corrected chi connectivity index (χ1v) is 6.74. The first-order chi connectivity index (χ1) is 8.79. The van der Waals surface area contributed by atoms with Crippen molar-refractivity contribution in [3.05, 3.63) is 18.1 Å². The van der Waals surface area contributed by atoms with E-state index in [1.165, 1.54) is 13.0 Å². The Bertz CT molecular complexity index is 368. The number of nitrogens with zero attached hydrogens (tertiary/aromatic N) is 4. The maximum absolute atomic E-state index is 4.68. The minimum Gasteiger partial charge on any atom is -0.354 e. The van der Waals surface area contributed by atoms with Crippen molar-refractivity contribution in [3.63, 3.8) is 0 Å². The van der Waals surface area contributed by atoms with E-state index >= 15 is 0 Å². The van der Waals surface area contributed by atoms with Crippen LogP contribution in [0.3, 0.4) is 0 Å². The van der Waals surface area contributed by atoms with Gasteiger partial charge in [-0.25, -0.2) is 4.98 Å². The Kier molecular flexibility index (Phi) is 4.90. The molecule has 0 amide bonds. The summed E-state index contributed by atoms with van der Waals surface area (Å²) in [6.07, 6.45) is 4.91. The Morgan fingerprint density at radius 2 is 2.11 bits per heavy atom. The number of hydrogen-bond donors (Lipinski definition) is 1. The van der Waals surface area contributed by atoms with Crippen LogP contribution in [0.4, 0.5) is 5.82 Å². The lowest BCUT2D eigenvalue weighted by Gasteiger charge is -2.21. The van der Waals surface area contributed by atoms with Gasteiger partial charge in [0.25, 0.3) is 0 Å². The van der Waals surface area contributed by atoms with Crippen LogP contribution >= 0.6 is 0 Å². The van der Waals surface area contributed by atoms with E-state index in [0.29, 0.717) is 0 Å². The maximum atomic E-state index is 4.68. The number of hydrogen-bond acceptors (Lipinski definition) is 5. The minimum absolute atomic E-state index is 0.797. The smallest absolute Gasteiger partial charge is 0.147 e. The zero-order valence-corrected chi connectivity index (χ0v) is 11.4. The molecule has 5 heteroatoms. The number of likely N-dealkylation sites (N-methyl/N-ethyl adjacent to an activating group) is 1. The first-order valence-electron chi connectivity index (χ1n) is 6.74. The van der Waals surface area contributed by atoms with Gasteiger partial charge in [-0.05, 0) is 26.6 Å². The largest absolute Gasteiger partial charge is 0.354 e. The van der Waals surface area contributed by atoms with E-state index < -0.39 is 0 Å². The fourth-order valence-corrected chi connectivity index (χ4v) is 2.16. The molecule has 100 valence electrons. The van der Waals surface area contributed by atoms with E-state index in [1.54, 1.807) is 0 Å². The van der Waals surface area contributed by atoms with Crippen molar-refractivity contribution in [2.75, 3.05) is 44.7 Å². The zero-order chi connectivity index (χ0) is 12.8. The summed E-state index contributed by atoms with van der Waals surface area (Å²) in [5, 5.41) is 3.28. The van der Waals surface area contributed by atoms with Gasteiger partial charge in [-0.15, -0.1) is 0 Å². The van der Waals surface area contributed by atoms with Gasteiger partial charge in [0, 0.05) is 32.4 Å². The van der Waals surface area contributed by atoms with Crippen molar-refractivity contribution in [3.8, 4) is 0 Å². The van der Waals surface area contributed by atoms with E-state index in [2.05, 4.69) is 39.1 Å². The summed E-state index contributed by atoms with van der Waals surface area (Å²) < 4.78 is 0. The van der Waals surface area contributed by atoms with Crippen LogP contribution in [0, 0.1) is 0 Å². The Hall–Kier alpha value is -1.20. The number of anilines is 1. The van der Waals surface area contributed by atoms with Gasteiger partial charge in [-0.3, -0.25) is 4.98 Å². The van der Waals surface area contributed by atoms with Crippen LogP contribution in [-0.2, 0) is 6.54 Å². The molecule has 1 N–H and O–H groups in total. The quantitative estimate of drug-likeness (QED) is 0.852. The topological polar surface area (TPSA) is 44.3 Å². The molecule has 1 saturated heterocycles. The number of nitrogens with one attached hydrogen (secondary N) is 1. The van der Waals surface area contributed by atoms with Gasteiger partial charge < -0.3 is 15.1 Å². The van der Waals surface area contributed by atoms with Crippen molar-refractivity contribution in [2.24, 2.45) is 0 Å². The predicted octanol–water partition coefficient (Wildman–Crippen LogP) is 0.728. The molecule has 2 rings (SSSR count). The van der Waals surface area contributed by atoms with Crippen molar-refractivity contribution in [1.29, 1.82) is 0 Å². The minimum atomic E-state index is 0.797. The van der Waals surface area contributed by atoms with E-state index in [4.69, 9.17) is 0 Å². The highest BCUT2D eigenvalue weighted by molar-refractivity contribution is 5.36.